The van der Waals surface area contributed by atoms with E-state index in [1.807, 2.05) is 6.07 Å². The van der Waals surface area contributed by atoms with E-state index < -0.39 is 0 Å². The number of hydrogen-bond acceptors (Lipinski definition) is 3. The van der Waals surface area contributed by atoms with E-state index in [4.69, 9.17) is 0 Å². The first kappa shape index (κ1) is 9.77. The van der Waals surface area contributed by atoms with Crippen LogP contribution in [0.1, 0.15) is 0 Å². The molecule has 3 aromatic rings. The summed E-state index contributed by atoms with van der Waals surface area (Å²) < 4.78 is 13.0. The second-order valence-electron chi connectivity index (χ2n) is 3.63. The number of pyridine rings is 1. The van der Waals surface area contributed by atoms with Crippen molar-refractivity contribution in [2.75, 3.05) is 5.32 Å². The molecule has 0 aliphatic carbocycles. The van der Waals surface area contributed by atoms with Gasteiger partial charge in [-0.05, 0) is 24.3 Å². The Morgan fingerprint density at radius 2 is 2.18 bits per heavy atom. The predicted octanol–water partition coefficient (Wildman–Crippen LogP) is 2.84. The molecule has 4 nitrogen and oxygen atoms in total. The normalized spacial score (nSPS) is 10.6. The number of nitrogens with zero attached hydrogens (tertiary/aromatic N) is 2. The molecule has 0 unspecified atom stereocenters. The van der Waals surface area contributed by atoms with Crippen LogP contribution < -0.4 is 5.32 Å². The first-order valence-corrected chi connectivity index (χ1v) is 5.13. The highest BCUT2D eigenvalue weighted by atomic mass is 19.1. The minimum Gasteiger partial charge on any atom is -0.340 e. The molecule has 5 heteroatoms. The molecule has 0 atom stereocenters. The van der Waals surface area contributed by atoms with Gasteiger partial charge in [0.1, 0.15) is 11.6 Å². The van der Waals surface area contributed by atoms with Crippen molar-refractivity contribution in [1.82, 2.24) is 15.2 Å². The monoisotopic (exact) mass is 228 g/mol. The van der Waals surface area contributed by atoms with Gasteiger partial charge in [-0.1, -0.05) is 6.07 Å². The fraction of sp³-hybridized carbons (Fsp3) is 0. The lowest BCUT2D eigenvalue weighted by atomic mass is 10.3. The van der Waals surface area contributed by atoms with E-state index in [1.165, 1.54) is 12.1 Å². The summed E-state index contributed by atoms with van der Waals surface area (Å²) in [7, 11) is 0. The van der Waals surface area contributed by atoms with E-state index in [0.717, 1.165) is 10.9 Å². The maximum absolute atomic E-state index is 13.0. The van der Waals surface area contributed by atoms with E-state index in [9.17, 15) is 4.39 Å². The number of hydrogen-bond donors (Lipinski definition) is 2. The fourth-order valence-electron chi connectivity index (χ4n) is 1.67. The van der Waals surface area contributed by atoms with Crippen LogP contribution in [-0.4, -0.2) is 15.2 Å². The molecular weight excluding hydrogens is 219 g/mol. The number of halogens is 1. The number of aromatic amines is 1. The fourth-order valence-corrected chi connectivity index (χ4v) is 1.67. The molecule has 0 spiro atoms. The highest BCUT2D eigenvalue weighted by Gasteiger charge is 2.04. The molecule has 0 amide bonds. The Kier molecular flexibility index (Phi) is 2.22. The smallest absolute Gasteiger partial charge is 0.141 e. The zero-order chi connectivity index (χ0) is 11.7. The van der Waals surface area contributed by atoms with Crippen LogP contribution in [0.15, 0.2) is 42.7 Å². The van der Waals surface area contributed by atoms with Crippen LogP contribution in [0.4, 0.5) is 15.9 Å². The number of fused-ring (bicyclic) bond motifs is 1. The second-order valence-corrected chi connectivity index (χ2v) is 3.63. The van der Waals surface area contributed by atoms with Crippen molar-refractivity contribution >= 4 is 22.4 Å². The van der Waals surface area contributed by atoms with Crippen molar-refractivity contribution in [2.45, 2.75) is 0 Å². The van der Waals surface area contributed by atoms with E-state index in [0.29, 0.717) is 11.5 Å². The first-order valence-electron chi connectivity index (χ1n) is 5.13. The van der Waals surface area contributed by atoms with Crippen LogP contribution in [0.3, 0.4) is 0 Å². The molecule has 0 saturated carbocycles. The summed E-state index contributed by atoms with van der Waals surface area (Å²) in [4.78, 5) is 4.21. The molecule has 0 fully saturated rings. The molecular formula is C12H9FN4. The third-order valence-electron chi connectivity index (χ3n) is 2.46. The standard InChI is InChI=1S/C12H9FN4/c13-8-2-1-3-9(6-8)16-12-10-7-15-17-11(10)4-5-14-12/h1-7H,(H,14,16)(H,15,17). The third-order valence-corrected chi connectivity index (χ3v) is 2.46. The van der Waals surface area contributed by atoms with Crippen molar-refractivity contribution in [1.29, 1.82) is 0 Å². The van der Waals surface area contributed by atoms with Crippen LogP contribution in [0.25, 0.3) is 10.9 Å². The summed E-state index contributed by atoms with van der Waals surface area (Å²) >= 11 is 0. The van der Waals surface area contributed by atoms with Crippen molar-refractivity contribution in [3.63, 3.8) is 0 Å². The van der Waals surface area contributed by atoms with Gasteiger partial charge in [-0.25, -0.2) is 9.37 Å². The van der Waals surface area contributed by atoms with Gasteiger partial charge in [-0.3, -0.25) is 5.10 Å². The van der Waals surface area contributed by atoms with Gasteiger partial charge in [0.2, 0.25) is 0 Å². The summed E-state index contributed by atoms with van der Waals surface area (Å²) in [5, 5.41) is 10.7. The van der Waals surface area contributed by atoms with E-state index in [1.54, 1.807) is 24.5 Å². The first-order chi connectivity index (χ1) is 8.33. The molecule has 0 aliphatic heterocycles. The van der Waals surface area contributed by atoms with Gasteiger partial charge in [0, 0.05) is 11.9 Å². The molecule has 1 aromatic carbocycles. The average molecular weight is 228 g/mol. The lowest BCUT2D eigenvalue weighted by Crippen LogP contribution is -1.94. The lowest BCUT2D eigenvalue weighted by molar-refractivity contribution is 0.628. The topological polar surface area (TPSA) is 53.6 Å². The number of rotatable bonds is 2. The van der Waals surface area contributed by atoms with Crippen LogP contribution in [-0.2, 0) is 0 Å². The Labute approximate surface area is 96.5 Å². The summed E-state index contributed by atoms with van der Waals surface area (Å²) in [6.45, 7) is 0. The van der Waals surface area contributed by atoms with Crippen molar-refractivity contribution in [3.05, 3.63) is 48.5 Å². The Hall–Kier alpha value is -2.43. The van der Waals surface area contributed by atoms with E-state index >= 15 is 0 Å². The van der Waals surface area contributed by atoms with Gasteiger partial charge < -0.3 is 5.32 Å². The maximum atomic E-state index is 13.0. The zero-order valence-electron chi connectivity index (χ0n) is 8.81. The zero-order valence-corrected chi connectivity index (χ0v) is 8.81. The highest BCUT2D eigenvalue weighted by Crippen LogP contribution is 2.22. The average Bonchev–Trinajstić information content (AvgIpc) is 2.78. The van der Waals surface area contributed by atoms with Gasteiger partial charge in [-0.15, -0.1) is 0 Å². The molecule has 3 rings (SSSR count). The molecule has 0 saturated heterocycles. The summed E-state index contributed by atoms with van der Waals surface area (Å²) in [6, 6.07) is 8.08. The van der Waals surface area contributed by atoms with Gasteiger partial charge in [0.15, 0.2) is 0 Å². The summed E-state index contributed by atoms with van der Waals surface area (Å²) in [5.74, 6) is 0.371. The Morgan fingerprint density at radius 1 is 1.24 bits per heavy atom. The van der Waals surface area contributed by atoms with Crippen molar-refractivity contribution < 1.29 is 4.39 Å². The summed E-state index contributed by atoms with van der Waals surface area (Å²) in [5.41, 5.74) is 1.55. The molecule has 0 aliphatic rings. The minimum atomic E-state index is -0.283. The number of anilines is 2. The molecule has 2 heterocycles. The maximum Gasteiger partial charge on any atom is 0.141 e. The SMILES string of the molecule is Fc1cccc(Nc2nccc3[nH]ncc23)c1. The Balaban J connectivity index is 2.02. The van der Waals surface area contributed by atoms with Crippen molar-refractivity contribution in [2.24, 2.45) is 0 Å². The van der Waals surface area contributed by atoms with Crippen LogP contribution in [0.5, 0.6) is 0 Å². The van der Waals surface area contributed by atoms with Gasteiger partial charge in [0.25, 0.3) is 0 Å². The van der Waals surface area contributed by atoms with Crippen LogP contribution in [0, 0.1) is 5.82 Å². The van der Waals surface area contributed by atoms with E-state index in [-0.39, 0.29) is 5.82 Å². The molecule has 2 aromatic heterocycles. The van der Waals surface area contributed by atoms with Gasteiger partial charge >= 0.3 is 0 Å². The Morgan fingerprint density at radius 3 is 3.06 bits per heavy atom. The van der Waals surface area contributed by atoms with Crippen LogP contribution in [0.2, 0.25) is 0 Å². The number of aromatic nitrogens is 3. The molecule has 0 radical (unpaired) electrons. The molecule has 17 heavy (non-hydrogen) atoms. The van der Waals surface area contributed by atoms with Gasteiger partial charge in [-0.2, -0.15) is 5.10 Å². The van der Waals surface area contributed by atoms with E-state index in [2.05, 4.69) is 20.5 Å². The molecule has 2 N–H and O–H groups in total. The highest BCUT2D eigenvalue weighted by molar-refractivity contribution is 5.90. The summed E-state index contributed by atoms with van der Waals surface area (Å²) in [6.07, 6.45) is 3.35. The quantitative estimate of drug-likeness (QED) is 0.709. The number of nitrogens with one attached hydrogen (secondary N) is 2. The van der Waals surface area contributed by atoms with Crippen LogP contribution >= 0.6 is 0 Å². The van der Waals surface area contributed by atoms with Crippen molar-refractivity contribution in [3.8, 4) is 0 Å². The number of benzene rings is 1. The van der Waals surface area contributed by atoms with Gasteiger partial charge in [0.05, 0.1) is 17.1 Å². The largest absolute Gasteiger partial charge is 0.340 e. The minimum absolute atomic E-state index is 0.283. The number of H-pyrrole nitrogens is 1. The lowest BCUT2D eigenvalue weighted by Gasteiger charge is -2.05. The molecule has 84 valence electrons. The second kappa shape index (κ2) is 3.86. The Bertz CT molecular complexity index is 662. The molecule has 0 bridgehead atoms. The predicted molar refractivity (Wildman–Crippen MR) is 63.6 cm³/mol. The third kappa shape index (κ3) is 1.82.